The average molecular weight is 480 g/mol. The zero-order valence-corrected chi connectivity index (χ0v) is 19.5. The highest BCUT2D eigenvalue weighted by atomic mass is 19.1. The second-order valence-electron chi connectivity index (χ2n) is 7.64. The van der Waals surface area contributed by atoms with Crippen molar-refractivity contribution in [3.8, 4) is 11.5 Å². The van der Waals surface area contributed by atoms with Crippen molar-refractivity contribution in [3.63, 3.8) is 0 Å². The maximum Gasteiger partial charge on any atom is 0.339 e. The average Bonchev–Trinajstić information content (AvgIpc) is 2.87. The molecule has 0 heterocycles. The number of amides is 2. The van der Waals surface area contributed by atoms with Gasteiger partial charge in [0.25, 0.3) is 11.8 Å². The van der Waals surface area contributed by atoms with Gasteiger partial charge in [-0.1, -0.05) is 30.3 Å². The number of benzene rings is 3. The lowest BCUT2D eigenvalue weighted by Gasteiger charge is -2.21. The second-order valence-corrected chi connectivity index (χ2v) is 7.64. The van der Waals surface area contributed by atoms with E-state index in [1.54, 1.807) is 44.4 Å². The molecular formula is C26H25FN2O6. The third-order valence-electron chi connectivity index (χ3n) is 4.88. The molecular weight excluding hydrogens is 455 g/mol. The molecule has 9 heteroatoms. The maximum atomic E-state index is 13.0. The highest BCUT2D eigenvalue weighted by molar-refractivity contribution is 5.94. The highest BCUT2D eigenvalue weighted by Gasteiger charge is 2.27. The van der Waals surface area contributed by atoms with Gasteiger partial charge in [0.2, 0.25) is 6.10 Å². The van der Waals surface area contributed by atoms with Crippen LogP contribution in [0.15, 0.2) is 72.8 Å². The number of carbonyl (C=O) groups excluding carboxylic acids is 3. The van der Waals surface area contributed by atoms with Crippen molar-refractivity contribution in [1.29, 1.82) is 0 Å². The smallest absolute Gasteiger partial charge is 0.339 e. The Kier molecular flexibility index (Phi) is 8.39. The van der Waals surface area contributed by atoms with Crippen LogP contribution in [0.5, 0.6) is 11.5 Å². The van der Waals surface area contributed by atoms with Gasteiger partial charge in [0.15, 0.2) is 18.1 Å². The molecule has 0 bridgehead atoms. The van der Waals surface area contributed by atoms with Crippen molar-refractivity contribution >= 4 is 23.5 Å². The summed E-state index contributed by atoms with van der Waals surface area (Å²) in [6.07, 6.45) is -1.12. The Morgan fingerprint density at radius 2 is 1.63 bits per heavy atom. The molecule has 1 N–H and O–H groups in total. The Hall–Kier alpha value is -4.40. The lowest BCUT2D eigenvalue weighted by Crippen LogP contribution is -2.31. The first kappa shape index (κ1) is 25.2. The first-order valence-corrected chi connectivity index (χ1v) is 10.6. The highest BCUT2D eigenvalue weighted by Crippen LogP contribution is 2.29. The Bertz CT molecular complexity index is 1180. The van der Waals surface area contributed by atoms with Crippen LogP contribution in [-0.4, -0.2) is 50.5 Å². The monoisotopic (exact) mass is 480 g/mol. The summed E-state index contributed by atoms with van der Waals surface area (Å²) < 4.78 is 29.3. The van der Waals surface area contributed by atoms with Crippen LogP contribution in [0.2, 0.25) is 0 Å². The first-order chi connectivity index (χ1) is 16.8. The number of halogens is 1. The molecule has 0 saturated carbocycles. The van der Waals surface area contributed by atoms with Gasteiger partial charge in [-0.15, -0.1) is 0 Å². The molecule has 3 aromatic carbocycles. The van der Waals surface area contributed by atoms with Crippen molar-refractivity contribution in [2.75, 3.05) is 33.1 Å². The topological polar surface area (TPSA) is 94.2 Å². The quantitative estimate of drug-likeness (QED) is 0.468. The molecule has 0 aliphatic carbocycles. The molecule has 0 radical (unpaired) electrons. The molecule has 3 aromatic rings. The van der Waals surface area contributed by atoms with E-state index in [4.69, 9.17) is 14.2 Å². The number of rotatable bonds is 9. The van der Waals surface area contributed by atoms with Crippen molar-refractivity contribution in [2.24, 2.45) is 0 Å². The molecule has 1 atom stereocenters. The molecule has 3 rings (SSSR count). The predicted octanol–water partition coefficient (Wildman–Crippen LogP) is 3.84. The first-order valence-electron chi connectivity index (χ1n) is 10.6. The van der Waals surface area contributed by atoms with Gasteiger partial charge in [-0.05, 0) is 42.5 Å². The summed E-state index contributed by atoms with van der Waals surface area (Å²) in [6, 6.07) is 18.3. The van der Waals surface area contributed by atoms with E-state index in [-0.39, 0.29) is 29.6 Å². The van der Waals surface area contributed by atoms with Crippen LogP contribution in [-0.2, 0) is 14.3 Å². The molecule has 2 amide bonds. The number of nitrogens with zero attached hydrogens (tertiary/aromatic N) is 1. The standard InChI is InChI=1S/C26H25FN2O6/c1-29(2)25(31)24(17-7-5-4-6-8-17)35-26(32)18-9-14-21(22(15-18)33-3)34-16-23(30)28-20-12-10-19(27)11-13-20/h4-15,24H,16H2,1-3H3,(H,28,30). The lowest BCUT2D eigenvalue weighted by molar-refractivity contribution is -0.138. The summed E-state index contributed by atoms with van der Waals surface area (Å²) in [4.78, 5) is 39.0. The normalized spacial score (nSPS) is 11.2. The Morgan fingerprint density at radius 1 is 0.943 bits per heavy atom. The largest absolute Gasteiger partial charge is 0.493 e. The number of anilines is 1. The molecule has 35 heavy (non-hydrogen) atoms. The molecule has 0 fully saturated rings. The Balaban J connectivity index is 1.69. The zero-order chi connectivity index (χ0) is 25.4. The van der Waals surface area contributed by atoms with E-state index in [1.165, 1.54) is 54.5 Å². The fourth-order valence-electron chi connectivity index (χ4n) is 3.09. The van der Waals surface area contributed by atoms with E-state index in [1.807, 2.05) is 0 Å². The maximum absolute atomic E-state index is 13.0. The third kappa shape index (κ3) is 6.80. The summed E-state index contributed by atoms with van der Waals surface area (Å²) >= 11 is 0. The van der Waals surface area contributed by atoms with Crippen LogP contribution in [0.1, 0.15) is 22.0 Å². The molecule has 182 valence electrons. The van der Waals surface area contributed by atoms with Gasteiger partial charge in [0.05, 0.1) is 12.7 Å². The molecule has 0 aromatic heterocycles. The van der Waals surface area contributed by atoms with Crippen LogP contribution in [0, 0.1) is 5.82 Å². The number of ether oxygens (including phenoxy) is 3. The molecule has 0 spiro atoms. The van der Waals surface area contributed by atoms with Crippen LogP contribution < -0.4 is 14.8 Å². The second kappa shape index (κ2) is 11.6. The van der Waals surface area contributed by atoms with E-state index in [0.717, 1.165) is 0 Å². The number of likely N-dealkylation sites (N-methyl/N-ethyl adjacent to an activating group) is 1. The van der Waals surface area contributed by atoms with Crippen molar-refractivity contribution < 1.29 is 33.0 Å². The molecule has 8 nitrogen and oxygen atoms in total. The SMILES string of the molecule is COc1cc(C(=O)OC(C(=O)N(C)C)c2ccccc2)ccc1OCC(=O)Nc1ccc(F)cc1. The predicted molar refractivity (Wildman–Crippen MR) is 127 cm³/mol. The van der Waals surface area contributed by atoms with Crippen molar-refractivity contribution in [1.82, 2.24) is 4.90 Å². The summed E-state index contributed by atoms with van der Waals surface area (Å²) in [5.74, 6) is -1.57. The van der Waals surface area contributed by atoms with Crippen LogP contribution in [0.3, 0.4) is 0 Å². The van der Waals surface area contributed by atoms with E-state index < -0.39 is 23.8 Å². The van der Waals surface area contributed by atoms with Gasteiger partial charge >= 0.3 is 5.97 Å². The fourth-order valence-corrected chi connectivity index (χ4v) is 3.09. The van der Waals surface area contributed by atoms with Gasteiger partial charge in [0, 0.05) is 25.3 Å². The van der Waals surface area contributed by atoms with Gasteiger partial charge in [-0.25, -0.2) is 9.18 Å². The van der Waals surface area contributed by atoms with Crippen LogP contribution >= 0.6 is 0 Å². The number of esters is 1. The van der Waals surface area contributed by atoms with Gasteiger partial charge in [-0.3, -0.25) is 9.59 Å². The third-order valence-corrected chi connectivity index (χ3v) is 4.88. The molecule has 0 aliphatic heterocycles. The lowest BCUT2D eigenvalue weighted by atomic mass is 10.1. The van der Waals surface area contributed by atoms with Gasteiger partial charge in [-0.2, -0.15) is 0 Å². The molecule has 0 saturated heterocycles. The number of carbonyl (C=O) groups is 3. The van der Waals surface area contributed by atoms with E-state index in [9.17, 15) is 18.8 Å². The van der Waals surface area contributed by atoms with Crippen LogP contribution in [0.4, 0.5) is 10.1 Å². The molecule has 0 aliphatic rings. The molecule has 1 unspecified atom stereocenters. The van der Waals surface area contributed by atoms with E-state index in [2.05, 4.69) is 5.32 Å². The van der Waals surface area contributed by atoms with Crippen molar-refractivity contribution in [2.45, 2.75) is 6.10 Å². The minimum Gasteiger partial charge on any atom is -0.493 e. The number of nitrogens with one attached hydrogen (secondary N) is 1. The minimum absolute atomic E-state index is 0.137. The van der Waals surface area contributed by atoms with E-state index in [0.29, 0.717) is 11.3 Å². The number of methoxy groups -OCH3 is 1. The number of hydrogen-bond acceptors (Lipinski definition) is 6. The van der Waals surface area contributed by atoms with Gasteiger partial charge in [0.1, 0.15) is 5.82 Å². The fraction of sp³-hybridized carbons (Fsp3) is 0.192. The summed E-state index contributed by atoms with van der Waals surface area (Å²) in [7, 11) is 4.54. The zero-order valence-electron chi connectivity index (χ0n) is 19.5. The van der Waals surface area contributed by atoms with Crippen LogP contribution in [0.25, 0.3) is 0 Å². The number of hydrogen-bond donors (Lipinski definition) is 1. The van der Waals surface area contributed by atoms with Crippen molar-refractivity contribution in [3.05, 3.63) is 89.7 Å². The minimum atomic E-state index is -1.12. The van der Waals surface area contributed by atoms with Gasteiger partial charge < -0.3 is 24.4 Å². The van der Waals surface area contributed by atoms with E-state index >= 15 is 0 Å². The summed E-state index contributed by atoms with van der Waals surface area (Å²) in [6.45, 7) is -0.342. The summed E-state index contributed by atoms with van der Waals surface area (Å²) in [5, 5.41) is 2.58. The Labute approximate surface area is 202 Å². The summed E-state index contributed by atoms with van der Waals surface area (Å²) in [5.41, 5.74) is 1.10. The Morgan fingerprint density at radius 3 is 2.26 bits per heavy atom.